The van der Waals surface area contributed by atoms with Gasteiger partial charge in [0, 0.05) is 24.8 Å². The smallest absolute Gasteiger partial charge is 0.170 e. The molecule has 0 saturated heterocycles. The van der Waals surface area contributed by atoms with Crippen LogP contribution in [-0.4, -0.2) is 17.7 Å². The third-order valence-corrected chi connectivity index (χ3v) is 3.08. The molecule has 0 aromatic carbocycles. The highest BCUT2D eigenvalue weighted by atomic mass is 16.5. The number of ether oxygens (including phenoxy) is 1. The van der Waals surface area contributed by atoms with Crippen molar-refractivity contribution in [3.63, 3.8) is 0 Å². The van der Waals surface area contributed by atoms with Crippen molar-refractivity contribution in [2.24, 2.45) is 5.41 Å². The summed E-state index contributed by atoms with van der Waals surface area (Å²) in [5.74, 6) is 0.927. The van der Waals surface area contributed by atoms with Crippen LogP contribution in [0.1, 0.15) is 40.0 Å². The number of allylic oxidation sites excluding steroid dienone is 1. The van der Waals surface area contributed by atoms with Crippen molar-refractivity contribution in [1.82, 2.24) is 0 Å². The van der Waals surface area contributed by atoms with E-state index in [4.69, 9.17) is 4.74 Å². The zero-order valence-corrected chi connectivity index (χ0v) is 9.42. The van der Waals surface area contributed by atoms with Gasteiger partial charge in [-0.1, -0.05) is 13.8 Å². The van der Waals surface area contributed by atoms with E-state index in [9.17, 15) is 9.59 Å². The molecule has 1 heterocycles. The number of Topliss-reactive ketones (excluding diaryl/α,β-unsaturated/α-hetero) is 2. The van der Waals surface area contributed by atoms with Gasteiger partial charge in [-0.2, -0.15) is 0 Å². The van der Waals surface area contributed by atoms with Crippen molar-refractivity contribution in [3.05, 3.63) is 11.3 Å². The van der Waals surface area contributed by atoms with E-state index in [-0.39, 0.29) is 17.0 Å². The molecule has 0 saturated carbocycles. The molecular formula is C12H16O3. The highest BCUT2D eigenvalue weighted by Gasteiger charge is 2.40. The lowest BCUT2D eigenvalue weighted by molar-refractivity contribution is -0.125. The maximum Gasteiger partial charge on any atom is 0.170 e. The minimum Gasteiger partial charge on any atom is -0.486 e. The van der Waals surface area contributed by atoms with Gasteiger partial charge in [0.05, 0.1) is 0 Å². The molecule has 15 heavy (non-hydrogen) atoms. The molecule has 0 amide bonds. The molecule has 82 valence electrons. The molecular weight excluding hydrogens is 192 g/mol. The molecule has 1 atom stereocenters. The van der Waals surface area contributed by atoms with Gasteiger partial charge in [0.15, 0.2) is 17.7 Å². The SMILES string of the molecule is CC(=O)C1CC2=C(CC(C)(C)CC2=O)O1. The van der Waals surface area contributed by atoms with Crippen LogP contribution in [0.3, 0.4) is 0 Å². The second kappa shape index (κ2) is 3.19. The summed E-state index contributed by atoms with van der Waals surface area (Å²) < 4.78 is 5.54. The number of carbonyl (C=O) groups excluding carboxylic acids is 2. The Balaban J connectivity index is 2.23. The van der Waals surface area contributed by atoms with E-state index in [2.05, 4.69) is 13.8 Å². The van der Waals surface area contributed by atoms with Crippen LogP contribution in [0, 0.1) is 5.41 Å². The van der Waals surface area contributed by atoms with Gasteiger partial charge in [-0.25, -0.2) is 0 Å². The average Bonchev–Trinajstić information content (AvgIpc) is 2.45. The van der Waals surface area contributed by atoms with E-state index in [1.165, 1.54) is 6.92 Å². The molecule has 0 fully saturated rings. The Morgan fingerprint density at radius 2 is 2.07 bits per heavy atom. The Bertz CT molecular complexity index is 363. The second-order valence-electron chi connectivity index (χ2n) is 5.26. The molecule has 2 rings (SSSR count). The predicted octanol–water partition coefficient (Wildman–Crippen LogP) is 2.01. The molecule has 3 nitrogen and oxygen atoms in total. The molecule has 0 aromatic heterocycles. The first-order chi connectivity index (χ1) is 6.89. The molecule has 1 aliphatic carbocycles. The number of rotatable bonds is 1. The highest BCUT2D eigenvalue weighted by molar-refractivity contribution is 5.99. The minimum absolute atomic E-state index is 0.00926. The monoisotopic (exact) mass is 208 g/mol. The number of carbonyl (C=O) groups is 2. The standard InChI is InChI=1S/C12H16O3/c1-7(13)10-4-8-9(14)5-12(2,3)6-11(8)15-10/h10H,4-6H2,1-3H3. The lowest BCUT2D eigenvalue weighted by Crippen LogP contribution is -2.24. The summed E-state index contributed by atoms with van der Waals surface area (Å²) in [5.41, 5.74) is 0.733. The van der Waals surface area contributed by atoms with Gasteiger partial charge in [0.25, 0.3) is 0 Å². The van der Waals surface area contributed by atoms with Gasteiger partial charge in [-0.3, -0.25) is 9.59 Å². The second-order valence-corrected chi connectivity index (χ2v) is 5.26. The zero-order chi connectivity index (χ0) is 11.2. The van der Waals surface area contributed by atoms with Gasteiger partial charge < -0.3 is 4.74 Å². The quantitative estimate of drug-likeness (QED) is 0.662. The normalized spacial score (nSPS) is 28.7. The molecule has 1 unspecified atom stereocenters. The van der Waals surface area contributed by atoms with Crippen LogP contribution in [0.25, 0.3) is 0 Å². The lowest BCUT2D eigenvalue weighted by Gasteiger charge is -2.28. The highest BCUT2D eigenvalue weighted by Crippen LogP contribution is 2.42. The fourth-order valence-corrected chi connectivity index (χ4v) is 2.27. The topological polar surface area (TPSA) is 43.4 Å². The van der Waals surface area contributed by atoms with Crippen LogP contribution in [0.5, 0.6) is 0 Å². The van der Waals surface area contributed by atoms with Gasteiger partial charge in [-0.05, 0) is 12.3 Å². The summed E-state index contributed by atoms with van der Waals surface area (Å²) >= 11 is 0. The van der Waals surface area contributed by atoms with Gasteiger partial charge >= 0.3 is 0 Å². The van der Waals surface area contributed by atoms with Crippen molar-refractivity contribution in [2.75, 3.05) is 0 Å². The predicted molar refractivity (Wildman–Crippen MR) is 55.2 cm³/mol. The van der Waals surface area contributed by atoms with E-state index >= 15 is 0 Å². The summed E-state index contributed by atoms with van der Waals surface area (Å²) in [6.45, 7) is 5.62. The zero-order valence-electron chi connectivity index (χ0n) is 9.42. The summed E-state index contributed by atoms with van der Waals surface area (Å²) in [4.78, 5) is 23.0. The largest absolute Gasteiger partial charge is 0.486 e. The summed E-state index contributed by atoms with van der Waals surface area (Å²) in [7, 11) is 0. The van der Waals surface area contributed by atoms with Crippen molar-refractivity contribution in [2.45, 2.75) is 46.1 Å². The third kappa shape index (κ3) is 1.83. The summed E-state index contributed by atoms with van der Waals surface area (Å²) in [5, 5.41) is 0. The maximum absolute atomic E-state index is 11.8. The van der Waals surface area contributed by atoms with Gasteiger partial charge in [0.1, 0.15) is 5.76 Å². The molecule has 0 radical (unpaired) electrons. The van der Waals surface area contributed by atoms with Crippen molar-refractivity contribution < 1.29 is 14.3 Å². The first-order valence-corrected chi connectivity index (χ1v) is 5.31. The van der Waals surface area contributed by atoms with Gasteiger partial charge in [0.2, 0.25) is 0 Å². The summed E-state index contributed by atoms with van der Waals surface area (Å²) in [6, 6.07) is 0. The van der Waals surface area contributed by atoms with Crippen molar-refractivity contribution in [3.8, 4) is 0 Å². The van der Waals surface area contributed by atoms with Crippen LogP contribution < -0.4 is 0 Å². The third-order valence-electron chi connectivity index (χ3n) is 3.08. The Hall–Kier alpha value is -1.12. The molecule has 3 heteroatoms. The fourth-order valence-electron chi connectivity index (χ4n) is 2.27. The molecule has 0 aromatic rings. The molecule has 0 N–H and O–H groups in total. The van der Waals surface area contributed by atoms with Crippen LogP contribution in [0.2, 0.25) is 0 Å². The molecule has 0 spiro atoms. The summed E-state index contributed by atoms with van der Waals surface area (Å²) in [6.07, 6.45) is 1.42. The van der Waals surface area contributed by atoms with E-state index in [0.717, 1.165) is 17.8 Å². The van der Waals surface area contributed by atoms with Crippen molar-refractivity contribution >= 4 is 11.6 Å². The number of ketones is 2. The fraction of sp³-hybridized carbons (Fsp3) is 0.667. The van der Waals surface area contributed by atoms with E-state index in [1.807, 2.05) is 0 Å². The first-order valence-electron chi connectivity index (χ1n) is 5.31. The lowest BCUT2D eigenvalue weighted by atomic mass is 9.76. The van der Waals surface area contributed by atoms with Gasteiger partial charge in [-0.15, -0.1) is 0 Å². The average molecular weight is 208 g/mol. The Morgan fingerprint density at radius 3 is 2.67 bits per heavy atom. The first kappa shape index (κ1) is 10.4. The molecule has 0 bridgehead atoms. The number of hydrogen-bond donors (Lipinski definition) is 0. The van der Waals surface area contributed by atoms with Crippen LogP contribution in [-0.2, 0) is 14.3 Å². The Morgan fingerprint density at radius 1 is 1.40 bits per heavy atom. The Labute approximate surface area is 89.5 Å². The van der Waals surface area contributed by atoms with Crippen LogP contribution in [0.15, 0.2) is 11.3 Å². The minimum atomic E-state index is -0.409. The Kier molecular flexibility index (Phi) is 2.21. The van der Waals surface area contributed by atoms with Crippen molar-refractivity contribution in [1.29, 1.82) is 0 Å². The van der Waals surface area contributed by atoms with E-state index in [0.29, 0.717) is 12.8 Å². The van der Waals surface area contributed by atoms with E-state index < -0.39 is 6.10 Å². The van der Waals surface area contributed by atoms with Crippen LogP contribution in [0.4, 0.5) is 0 Å². The number of hydrogen-bond acceptors (Lipinski definition) is 3. The molecule has 1 aliphatic heterocycles. The van der Waals surface area contributed by atoms with Crippen LogP contribution >= 0.6 is 0 Å². The molecule has 2 aliphatic rings. The maximum atomic E-state index is 11.8. The van der Waals surface area contributed by atoms with E-state index in [1.54, 1.807) is 0 Å².